The number of hydrogen-bond donors (Lipinski definition) is 1. The molecule has 0 unspecified atom stereocenters. The lowest BCUT2D eigenvalue weighted by atomic mass is 9.87. The molecule has 2 rings (SSSR count). The van der Waals surface area contributed by atoms with Crippen LogP contribution in [-0.2, 0) is 15.4 Å². The van der Waals surface area contributed by atoms with Crippen LogP contribution in [0.2, 0.25) is 5.02 Å². The minimum Gasteiger partial charge on any atom is -0.289 e. The number of sulfonamides is 1. The molecule has 0 saturated heterocycles. The van der Waals surface area contributed by atoms with Gasteiger partial charge in [-0.05, 0) is 48.2 Å². The number of Topliss-reactive ketones (excluding diaryl/α,β-unsaturated/α-hetero) is 1. The molecule has 0 aliphatic carbocycles. The molecular formula is C24H26ClNO3S. The van der Waals surface area contributed by atoms with E-state index in [1.165, 1.54) is 24.3 Å². The summed E-state index contributed by atoms with van der Waals surface area (Å²) < 4.78 is 28.4. The third-order valence-electron chi connectivity index (χ3n) is 4.41. The Kier molecular flexibility index (Phi) is 7.45. The van der Waals surface area contributed by atoms with Gasteiger partial charge >= 0.3 is 0 Å². The molecule has 0 aliphatic heterocycles. The second-order valence-corrected chi connectivity index (χ2v) is 9.88. The number of benzene rings is 2. The van der Waals surface area contributed by atoms with Gasteiger partial charge in [0.15, 0.2) is 5.78 Å². The van der Waals surface area contributed by atoms with Crippen LogP contribution in [0.5, 0.6) is 0 Å². The van der Waals surface area contributed by atoms with E-state index in [1.807, 2.05) is 0 Å². The van der Waals surface area contributed by atoms with Gasteiger partial charge in [0.05, 0.1) is 10.6 Å². The normalized spacial score (nSPS) is 12.8. The topological polar surface area (TPSA) is 63.2 Å². The highest BCUT2D eigenvalue weighted by Crippen LogP contribution is 2.28. The van der Waals surface area contributed by atoms with Crippen LogP contribution in [0.25, 0.3) is 0 Å². The zero-order chi connectivity index (χ0) is 22.5. The highest BCUT2D eigenvalue weighted by Gasteiger charge is 2.21. The Balaban J connectivity index is 2.46. The predicted molar refractivity (Wildman–Crippen MR) is 125 cm³/mol. The molecular weight excluding hydrogens is 418 g/mol. The summed E-state index contributed by atoms with van der Waals surface area (Å²) in [6, 6.07) is 11.2. The van der Waals surface area contributed by atoms with Crippen LogP contribution in [-0.4, -0.2) is 14.2 Å². The fraction of sp³-hybridized carbons (Fsp3) is 0.208. The molecule has 0 atom stereocenters. The van der Waals surface area contributed by atoms with E-state index in [2.05, 4.69) is 32.1 Å². The van der Waals surface area contributed by atoms with E-state index in [0.717, 1.165) is 5.56 Å². The lowest BCUT2D eigenvalue weighted by Crippen LogP contribution is -2.17. The van der Waals surface area contributed by atoms with Crippen molar-refractivity contribution in [1.29, 1.82) is 0 Å². The number of hydrogen-bond acceptors (Lipinski definition) is 3. The maximum atomic E-state index is 13.0. The molecule has 0 amide bonds. The molecule has 4 nitrogen and oxygen atoms in total. The quantitative estimate of drug-likeness (QED) is 0.310. The van der Waals surface area contributed by atoms with Crippen LogP contribution in [0.1, 0.15) is 43.6 Å². The molecule has 158 valence electrons. The highest BCUT2D eigenvalue weighted by molar-refractivity contribution is 7.92. The number of carbonyl (C=O) groups is 1. The van der Waals surface area contributed by atoms with Crippen molar-refractivity contribution < 1.29 is 13.2 Å². The average Bonchev–Trinajstić information content (AvgIpc) is 2.68. The zero-order valence-corrected chi connectivity index (χ0v) is 19.1. The molecule has 0 aromatic heterocycles. The van der Waals surface area contributed by atoms with Crippen LogP contribution in [0.15, 0.2) is 83.8 Å². The third-order valence-corrected chi connectivity index (χ3v) is 6.02. The molecule has 0 aliphatic rings. The van der Waals surface area contributed by atoms with Crippen LogP contribution in [0.4, 0.5) is 5.69 Å². The molecule has 0 fully saturated rings. The van der Waals surface area contributed by atoms with Gasteiger partial charge < -0.3 is 0 Å². The van der Waals surface area contributed by atoms with Gasteiger partial charge in [-0.25, -0.2) is 8.42 Å². The van der Waals surface area contributed by atoms with Crippen LogP contribution in [0.3, 0.4) is 0 Å². The molecule has 0 saturated carbocycles. The second kappa shape index (κ2) is 9.45. The maximum absolute atomic E-state index is 13.0. The predicted octanol–water partition coefficient (Wildman–Crippen LogP) is 6.31. The number of nitrogens with one attached hydrogen (secondary N) is 1. The monoisotopic (exact) mass is 443 g/mol. The van der Waals surface area contributed by atoms with Crippen molar-refractivity contribution in [2.75, 3.05) is 4.72 Å². The van der Waals surface area contributed by atoms with Gasteiger partial charge in [0, 0.05) is 16.2 Å². The molecule has 2 aromatic rings. The fourth-order valence-electron chi connectivity index (χ4n) is 2.80. The van der Waals surface area contributed by atoms with Gasteiger partial charge in [-0.2, -0.15) is 0 Å². The first-order valence-corrected chi connectivity index (χ1v) is 11.3. The Morgan fingerprint density at radius 3 is 2.27 bits per heavy atom. The summed E-state index contributed by atoms with van der Waals surface area (Å²) in [6.07, 6.45) is 6.41. The number of carbonyl (C=O) groups excluding carboxylic acids is 1. The van der Waals surface area contributed by atoms with Gasteiger partial charge in [-0.1, -0.05) is 75.4 Å². The summed E-state index contributed by atoms with van der Waals surface area (Å²) in [5, 5.41) is 0.328. The van der Waals surface area contributed by atoms with Crippen molar-refractivity contribution in [2.24, 2.45) is 0 Å². The first kappa shape index (κ1) is 23.6. The van der Waals surface area contributed by atoms with E-state index in [0.29, 0.717) is 10.6 Å². The zero-order valence-electron chi connectivity index (χ0n) is 17.6. The molecule has 1 N–H and O–H groups in total. The number of allylic oxidation sites excluding steroid dienone is 5. The highest BCUT2D eigenvalue weighted by atomic mass is 35.5. The maximum Gasteiger partial charge on any atom is 0.261 e. The lowest BCUT2D eigenvalue weighted by molar-refractivity contribution is 0.103. The Hall–Kier alpha value is -2.63. The molecule has 0 bridgehead atoms. The van der Waals surface area contributed by atoms with Crippen LogP contribution in [0, 0.1) is 0 Å². The first-order chi connectivity index (χ1) is 14.0. The Morgan fingerprint density at radius 2 is 1.73 bits per heavy atom. The van der Waals surface area contributed by atoms with E-state index in [1.54, 1.807) is 49.4 Å². The Morgan fingerprint density at radius 1 is 1.10 bits per heavy atom. The van der Waals surface area contributed by atoms with Gasteiger partial charge in [0.2, 0.25) is 0 Å². The molecule has 0 radical (unpaired) electrons. The summed E-state index contributed by atoms with van der Waals surface area (Å²) >= 11 is 6.08. The van der Waals surface area contributed by atoms with E-state index in [-0.39, 0.29) is 27.3 Å². The van der Waals surface area contributed by atoms with Crippen molar-refractivity contribution in [2.45, 2.75) is 38.0 Å². The molecule has 2 aromatic carbocycles. The van der Waals surface area contributed by atoms with Crippen LogP contribution >= 0.6 is 11.6 Å². The largest absolute Gasteiger partial charge is 0.289 e. The smallest absolute Gasteiger partial charge is 0.261 e. The molecule has 30 heavy (non-hydrogen) atoms. The lowest BCUT2D eigenvalue weighted by Gasteiger charge is -2.19. The van der Waals surface area contributed by atoms with E-state index in [9.17, 15) is 13.2 Å². The number of ketones is 1. The standard InChI is InChI=1S/C24H26ClNO3S/c1-6-8-17(9-7-2)23(27)21-16-19(25)12-15-22(21)26-30(28,29)20-13-10-18(11-14-20)24(3,4)5/h6-16,26H,1H2,2-5H3/b9-7-,17-8+. The van der Waals surface area contributed by atoms with Crippen molar-refractivity contribution in [3.63, 3.8) is 0 Å². The summed E-state index contributed by atoms with van der Waals surface area (Å²) in [4.78, 5) is 13.1. The van der Waals surface area contributed by atoms with E-state index < -0.39 is 10.0 Å². The summed E-state index contributed by atoms with van der Waals surface area (Å²) in [5.41, 5.74) is 1.61. The summed E-state index contributed by atoms with van der Waals surface area (Å²) in [5.74, 6) is -0.365. The van der Waals surface area contributed by atoms with Crippen molar-refractivity contribution in [1.82, 2.24) is 0 Å². The fourth-order valence-corrected chi connectivity index (χ4v) is 4.05. The van der Waals surface area contributed by atoms with E-state index >= 15 is 0 Å². The van der Waals surface area contributed by atoms with Crippen LogP contribution < -0.4 is 4.72 Å². The van der Waals surface area contributed by atoms with Gasteiger partial charge in [-0.3, -0.25) is 9.52 Å². The summed E-state index contributed by atoms with van der Waals surface area (Å²) in [6.45, 7) is 11.6. The van der Waals surface area contributed by atoms with Gasteiger partial charge in [-0.15, -0.1) is 0 Å². The molecule has 0 heterocycles. The minimum absolute atomic E-state index is 0.0911. The SMILES string of the molecule is C=C/C=C(\C=C/C)C(=O)c1cc(Cl)ccc1NS(=O)(=O)c1ccc(C(C)(C)C)cc1. The van der Waals surface area contributed by atoms with Gasteiger partial charge in [0.1, 0.15) is 0 Å². The molecule has 0 spiro atoms. The van der Waals surface area contributed by atoms with Gasteiger partial charge in [0.25, 0.3) is 10.0 Å². The number of anilines is 1. The molecule has 6 heteroatoms. The first-order valence-electron chi connectivity index (χ1n) is 9.42. The number of rotatable bonds is 7. The average molecular weight is 444 g/mol. The third kappa shape index (κ3) is 5.71. The van der Waals surface area contributed by atoms with Crippen molar-refractivity contribution in [3.05, 3.63) is 95.1 Å². The minimum atomic E-state index is -3.90. The Bertz CT molecular complexity index is 1110. The number of halogens is 1. The summed E-state index contributed by atoms with van der Waals surface area (Å²) in [7, 11) is -3.90. The second-order valence-electron chi connectivity index (χ2n) is 7.76. The van der Waals surface area contributed by atoms with Crippen molar-refractivity contribution in [3.8, 4) is 0 Å². The van der Waals surface area contributed by atoms with Crippen molar-refractivity contribution >= 4 is 33.1 Å². The van der Waals surface area contributed by atoms with E-state index in [4.69, 9.17) is 11.6 Å². The Labute approximate surface area is 184 Å².